The molecule has 0 aliphatic heterocycles. The van der Waals surface area contributed by atoms with E-state index < -0.39 is 0 Å². The highest BCUT2D eigenvalue weighted by molar-refractivity contribution is 8.01. The minimum atomic E-state index is -0.372. The lowest BCUT2D eigenvalue weighted by Gasteiger charge is -2.12. The lowest BCUT2D eigenvalue weighted by molar-refractivity contribution is -0.120. The SMILES string of the molecule is CCCC[C@@H](CC)C(=O)Nc1nnc(SCC(=O)c2ccc(F)cc2)s1. The number of ketones is 1. The van der Waals surface area contributed by atoms with Crippen LogP contribution in [0.3, 0.4) is 0 Å². The summed E-state index contributed by atoms with van der Waals surface area (Å²) in [5.41, 5.74) is 0.457. The Morgan fingerprint density at radius 1 is 1.23 bits per heavy atom. The van der Waals surface area contributed by atoms with Gasteiger partial charge in [-0.1, -0.05) is 49.8 Å². The van der Waals surface area contributed by atoms with Crippen molar-refractivity contribution < 1.29 is 14.0 Å². The molecule has 2 aromatic rings. The second kappa shape index (κ2) is 10.4. The Labute approximate surface area is 160 Å². The Morgan fingerprint density at radius 2 is 1.96 bits per heavy atom. The molecular formula is C18H22FN3O2S2. The number of aromatic nitrogens is 2. The molecule has 0 bridgehead atoms. The van der Waals surface area contributed by atoms with Gasteiger partial charge in [-0.2, -0.15) is 0 Å². The third-order valence-electron chi connectivity index (χ3n) is 3.90. The van der Waals surface area contributed by atoms with Crippen molar-refractivity contribution in [3.63, 3.8) is 0 Å². The van der Waals surface area contributed by atoms with Crippen molar-refractivity contribution in [2.75, 3.05) is 11.1 Å². The van der Waals surface area contributed by atoms with Crippen molar-refractivity contribution >= 4 is 39.9 Å². The molecule has 0 unspecified atom stereocenters. The van der Waals surface area contributed by atoms with Crippen LogP contribution in [0.4, 0.5) is 9.52 Å². The quantitative estimate of drug-likeness (QED) is 0.355. The van der Waals surface area contributed by atoms with Crippen molar-refractivity contribution in [1.29, 1.82) is 0 Å². The number of carbonyl (C=O) groups is 2. The van der Waals surface area contributed by atoms with Crippen LogP contribution in [0.1, 0.15) is 49.9 Å². The molecule has 26 heavy (non-hydrogen) atoms. The van der Waals surface area contributed by atoms with E-state index in [-0.39, 0.29) is 29.2 Å². The summed E-state index contributed by atoms with van der Waals surface area (Å²) in [5.74, 6) is -0.349. The second-order valence-electron chi connectivity index (χ2n) is 5.83. The third-order valence-corrected chi connectivity index (χ3v) is 5.87. The largest absolute Gasteiger partial charge is 0.300 e. The fourth-order valence-corrected chi connectivity index (χ4v) is 3.99. The van der Waals surface area contributed by atoms with Crippen LogP contribution in [0.25, 0.3) is 0 Å². The molecule has 8 heteroatoms. The van der Waals surface area contributed by atoms with Crippen molar-refractivity contribution in [3.8, 4) is 0 Å². The highest BCUT2D eigenvalue weighted by Gasteiger charge is 2.18. The fourth-order valence-electron chi connectivity index (χ4n) is 2.34. The van der Waals surface area contributed by atoms with Crippen LogP contribution in [-0.2, 0) is 4.79 Å². The monoisotopic (exact) mass is 395 g/mol. The van der Waals surface area contributed by atoms with Gasteiger partial charge in [-0.3, -0.25) is 9.59 Å². The van der Waals surface area contributed by atoms with Gasteiger partial charge in [0.25, 0.3) is 0 Å². The molecule has 0 aliphatic rings. The second-order valence-corrected chi connectivity index (χ2v) is 8.03. The lowest BCUT2D eigenvalue weighted by atomic mass is 9.99. The molecule has 0 saturated heterocycles. The fraction of sp³-hybridized carbons (Fsp3) is 0.444. The van der Waals surface area contributed by atoms with E-state index in [1.165, 1.54) is 47.4 Å². The Balaban J connectivity index is 1.86. The zero-order valence-electron chi connectivity index (χ0n) is 14.8. The maximum absolute atomic E-state index is 12.9. The summed E-state index contributed by atoms with van der Waals surface area (Å²) in [4.78, 5) is 24.4. The van der Waals surface area contributed by atoms with E-state index in [4.69, 9.17) is 0 Å². The number of unbranched alkanes of at least 4 members (excludes halogenated alkanes) is 1. The standard InChI is InChI=1S/C18H22FN3O2S2/c1-3-5-6-12(4-2)16(24)20-17-21-22-18(26-17)25-11-15(23)13-7-9-14(19)10-8-13/h7-10,12H,3-6,11H2,1-2H3,(H,20,21,24)/t12-/m1/s1. The minimum absolute atomic E-state index is 0.0185. The van der Waals surface area contributed by atoms with Gasteiger partial charge in [0, 0.05) is 11.5 Å². The lowest BCUT2D eigenvalue weighted by Crippen LogP contribution is -2.22. The number of thioether (sulfide) groups is 1. The Morgan fingerprint density at radius 3 is 2.62 bits per heavy atom. The van der Waals surface area contributed by atoms with Gasteiger partial charge in [0.1, 0.15) is 5.82 Å². The summed E-state index contributed by atoms with van der Waals surface area (Å²) in [7, 11) is 0. The van der Waals surface area contributed by atoms with Gasteiger partial charge in [-0.25, -0.2) is 4.39 Å². The van der Waals surface area contributed by atoms with E-state index in [1.54, 1.807) is 0 Å². The number of nitrogens with zero attached hydrogens (tertiary/aromatic N) is 2. The summed E-state index contributed by atoms with van der Waals surface area (Å²) in [5, 5.41) is 11.2. The van der Waals surface area contributed by atoms with E-state index in [0.29, 0.717) is 15.0 Å². The molecular weight excluding hydrogens is 373 g/mol. The molecule has 2 rings (SSSR count). The number of carbonyl (C=O) groups excluding carboxylic acids is 2. The maximum atomic E-state index is 12.9. The number of hydrogen-bond donors (Lipinski definition) is 1. The van der Waals surface area contributed by atoms with Gasteiger partial charge in [-0.05, 0) is 37.1 Å². The summed E-state index contributed by atoms with van der Waals surface area (Å²) < 4.78 is 13.5. The molecule has 1 atom stereocenters. The van der Waals surface area contributed by atoms with E-state index in [0.717, 1.165) is 25.7 Å². The van der Waals surface area contributed by atoms with Gasteiger partial charge in [0.2, 0.25) is 11.0 Å². The number of hydrogen-bond acceptors (Lipinski definition) is 6. The Bertz CT molecular complexity index is 734. The molecule has 1 amide bonds. The first-order valence-electron chi connectivity index (χ1n) is 8.59. The first-order chi connectivity index (χ1) is 12.5. The van der Waals surface area contributed by atoms with Crippen LogP contribution < -0.4 is 5.32 Å². The predicted octanol–water partition coefficient (Wildman–Crippen LogP) is 4.81. The van der Waals surface area contributed by atoms with Crippen LogP contribution in [0.15, 0.2) is 28.6 Å². The number of Topliss-reactive ketones (excluding diaryl/α,β-unsaturated/α-hetero) is 1. The van der Waals surface area contributed by atoms with E-state index in [9.17, 15) is 14.0 Å². The molecule has 5 nitrogen and oxygen atoms in total. The van der Waals surface area contributed by atoms with Crippen LogP contribution in [0, 0.1) is 11.7 Å². The molecule has 1 aromatic heterocycles. The number of halogens is 1. The van der Waals surface area contributed by atoms with E-state index in [2.05, 4.69) is 22.4 Å². The van der Waals surface area contributed by atoms with Crippen molar-refractivity contribution in [3.05, 3.63) is 35.6 Å². The molecule has 1 heterocycles. The maximum Gasteiger partial charge on any atom is 0.229 e. The molecule has 140 valence electrons. The summed E-state index contributed by atoms with van der Waals surface area (Å²) in [6.45, 7) is 4.11. The first kappa shape index (κ1) is 20.5. The molecule has 0 saturated carbocycles. The number of benzene rings is 1. The van der Waals surface area contributed by atoms with Gasteiger partial charge in [0.15, 0.2) is 10.1 Å². The number of nitrogens with one attached hydrogen (secondary N) is 1. The minimum Gasteiger partial charge on any atom is -0.300 e. The summed E-state index contributed by atoms with van der Waals surface area (Å²) in [6.07, 6.45) is 3.74. The molecule has 0 spiro atoms. The Kier molecular flexibility index (Phi) is 8.18. The molecule has 1 aromatic carbocycles. The molecule has 0 radical (unpaired) electrons. The normalized spacial score (nSPS) is 12.0. The van der Waals surface area contributed by atoms with E-state index in [1.807, 2.05) is 6.92 Å². The van der Waals surface area contributed by atoms with Gasteiger partial charge in [0.05, 0.1) is 5.75 Å². The smallest absolute Gasteiger partial charge is 0.229 e. The summed E-state index contributed by atoms with van der Waals surface area (Å²) >= 11 is 2.50. The average Bonchev–Trinajstić information content (AvgIpc) is 3.08. The first-order valence-corrected chi connectivity index (χ1v) is 10.4. The van der Waals surface area contributed by atoms with Crippen LogP contribution >= 0.6 is 23.1 Å². The van der Waals surface area contributed by atoms with Crippen molar-refractivity contribution in [2.24, 2.45) is 5.92 Å². The van der Waals surface area contributed by atoms with Gasteiger partial charge >= 0.3 is 0 Å². The van der Waals surface area contributed by atoms with E-state index >= 15 is 0 Å². The van der Waals surface area contributed by atoms with Gasteiger partial charge in [-0.15, -0.1) is 10.2 Å². The topological polar surface area (TPSA) is 72.0 Å². The molecule has 0 fully saturated rings. The van der Waals surface area contributed by atoms with Crippen molar-refractivity contribution in [2.45, 2.75) is 43.9 Å². The van der Waals surface area contributed by atoms with Crippen LogP contribution in [-0.4, -0.2) is 27.6 Å². The zero-order chi connectivity index (χ0) is 18.9. The van der Waals surface area contributed by atoms with Gasteiger partial charge < -0.3 is 5.32 Å². The van der Waals surface area contributed by atoms with Crippen LogP contribution in [0.5, 0.6) is 0 Å². The Hall–Kier alpha value is -1.80. The molecule has 1 N–H and O–H groups in total. The number of anilines is 1. The predicted molar refractivity (Wildman–Crippen MR) is 103 cm³/mol. The number of rotatable bonds is 10. The highest BCUT2D eigenvalue weighted by atomic mass is 32.2. The molecule has 0 aliphatic carbocycles. The van der Waals surface area contributed by atoms with Crippen LogP contribution in [0.2, 0.25) is 0 Å². The van der Waals surface area contributed by atoms with Crippen molar-refractivity contribution in [1.82, 2.24) is 10.2 Å². The summed E-state index contributed by atoms with van der Waals surface area (Å²) in [6, 6.07) is 5.45. The number of amides is 1. The third kappa shape index (κ3) is 6.17. The average molecular weight is 396 g/mol. The highest BCUT2D eigenvalue weighted by Crippen LogP contribution is 2.27. The zero-order valence-corrected chi connectivity index (χ0v) is 16.5.